The summed E-state index contributed by atoms with van der Waals surface area (Å²) in [4.78, 5) is 12.9. The highest BCUT2D eigenvalue weighted by Gasteiger charge is 2.11. The highest BCUT2D eigenvalue weighted by molar-refractivity contribution is 5.69. The second-order valence-electron chi connectivity index (χ2n) is 4.93. The summed E-state index contributed by atoms with van der Waals surface area (Å²) < 4.78 is 5.12. The first-order chi connectivity index (χ1) is 9.02. The molecule has 0 aromatic heterocycles. The van der Waals surface area contributed by atoms with Crippen LogP contribution in [-0.4, -0.2) is 43.2 Å². The summed E-state index contributed by atoms with van der Waals surface area (Å²) in [5.74, 6) is -0.126. The Morgan fingerprint density at radius 1 is 1.32 bits per heavy atom. The summed E-state index contributed by atoms with van der Waals surface area (Å²) >= 11 is 0. The quantitative estimate of drug-likeness (QED) is 0.783. The van der Waals surface area contributed by atoms with E-state index in [0.29, 0.717) is 6.42 Å². The topological polar surface area (TPSA) is 49.8 Å². The standard InChI is InChI=1S/C15H23NO3/c1-12(15(17)18)8-10-16(2)11-9-13-4-6-14(19-3)7-5-13/h4-7,12H,8-11H2,1-3H3,(H,17,18). The molecule has 0 spiro atoms. The number of aliphatic carboxylic acids is 1. The molecule has 0 aliphatic carbocycles. The Kier molecular flexibility index (Phi) is 6.36. The van der Waals surface area contributed by atoms with Gasteiger partial charge in [-0.05, 0) is 44.1 Å². The van der Waals surface area contributed by atoms with Crippen LogP contribution in [0.15, 0.2) is 24.3 Å². The van der Waals surface area contributed by atoms with Gasteiger partial charge in [-0.25, -0.2) is 0 Å². The van der Waals surface area contributed by atoms with Gasteiger partial charge in [-0.3, -0.25) is 4.79 Å². The van der Waals surface area contributed by atoms with Gasteiger partial charge in [0.05, 0.1) is 13.0 Å². The third kappa shape index (κ3) is 5.75. The fourth-order valence-corrected chi connectivity index (χ4v) is 1.76. The Balaban J connectivity index is 2.29. The van der Waals surface area contributed by atoms with Gasteiger partial charge in [-0.1, -0.05) is 19.1 Å². The molecular formula is C15H23NO3. The van der Waals surface area contributed by atoms with Gasteiger partial charge in [-0.15, -0.1) is 0 Å². The molecule has 0 saturated carbocycles. The number of carboxylic acid groups (broad SMARTS) is 1. The zero-order valence-corrected chi connectivity index (χ0v) is 11.9. The first-order valence-electron chi connectivity index (χ1n) is 6.57. The van der Waals surface area contributed by atoms with E-state index >= 15 is 0 Å². The van der Waals surface area contributed by atoms with Crippen LogP contribution in [0, 0.1) is 5.92 Å². The van der Waals surface area contributed by atoms with Crippen molar-refractivity contribution in [1.82, 2.24) is 4.90 Å². The maximum absolute atomic E-state index is 10.7. The number of likely N-dealkylation sites (N-methyl/N-ethyl adjacent to an activating group) is 1. The van der Waals surface area contributed by atoms with E-state index in [-0.39, 0.29) is 5.92 Å². The molecule has 1 aromatic rings. The number of benzene rings is 1. The largest absolute Gasteiger partial charge is 0.497 e. The molecule has 1 unspecified atom stereocenters. The third-order valence-electron chi connectivity index (χ3n) is 3.31. The summed E-state index contributed by atoms with van der Waals surface area (Å²) in [5.41, 5.74) is 1.26. The highest BCUT2D eigenvalue weighted by atomic mass is 16.5. The van der Waals surface area contributed by atoms with Crippen molar-refractivity contribution in [2.75, 3.05) is 27.2 Å². The van der Waals surface area contributed by atoms with Crippen molar-refractivity contribution >= 4 is 5.97 Å². The molecule has 0 aliphatic heterocycles. The van der Waals surface area contributed by atoms with E-state index in [9.17, 15) is 4.79 Å². The molecule has 0 bridgehead atoms. The molecular weight excluding hydrogens is 242 g/mol. The van der Waals surface area contributed by atoms with Gasteiger partial charge in [0, 0.05) is 6.54 Å². The summed E-state index contributed by atoms with van der Waals surface area (Å²) in [5, 5.41) is 8.82. The molecule has 0 saturated heterocycles. The number of carboxylic acids is 1. The molecule has 1 aromatic carbocycles. The number of rotatable bonds is 8. The Bertz CT molecular complexity index is 389. The summed E-state index contributed by atoms with van der Waals surface area (Å²) in [6.45, 7) is 3.49. The molecule has 0 amide bonds. The van der Waals surface area contributed by atoms with Gasteiger partial charge in [-0.2, -0.15) is 0 Å². The van der Waals surface area contributed by atoms with Gasteiger partial charge in [0.25, 0.3) is 0 Å². The second-order valence-corrected chi connectivity index (χ2v) is 4.93. The van der Waals surface area contributed by atoms with E-state index in [1.807, 2.05) is 19.2 Å². The minimum atomic E-state index is -0.719. The van der Waals surface area contributed by atoms with Crippen LogP contribution in [0.4, 0.5) is 0 Å². The fourth-order valence-electron chi connectivity index (χ4n) is 1.76. The summed E-state index contributed by atoms with van der Waals surface area (Å²) in [6, 6.07) is 8.04. The smallest absolute Gasteiger partial charge is 0.306 e. The predicted molar refractivity (Wildman–Crippen MR) is 75.6 cm³/mol. The van der Waals surface area contributed by atoms with Gasteiger partial charge in [0.1, 0.15) is 5.75 Å². The van der Waals surface area contributed by atoms with Crippen LogP contribution in [-0.2, 0) is 11.2 Å². The average Bonchev–Trinajstić information content (AvgIpc) is 2.42. The molecule has 19 heavy (non-hydrogen) atoms. The maximum Gasteiger partial charge on any atom is 0.306 e. The maximum atomic E-state index is 10.7. The van der Waals surface area contributed by atoms with Crippen molar-refractivity contribution in [3.05, 3.63) is 29.8 Å². The molecule has 106 valence electrons. The average molecular weight is 265 g/mol. The normalized spacial score (nSPS) is 12.4. The summed E-state index contributed by atoms with van der Waals surface area (Å²) in [6.07, 6.45) is 1.65. The predicted octanol–water partition coefficient (Wildman–Crippen LogP) is 2.28. The molecule has 1 atom stereocenters. The van der Waals surface area contributed by atoms with E-state index in [2.05, 4.69) is 17.0 Å². The van der Waals surface area contributed by atoms with E-state index in [0.717, 1.165) is 25.3 Å². The van der Waals surface area contributed by atoms with Gasteiger partial charge < -0.3 is 14.7 Å². The zero-order valence-electron chi connectivity index (χ0n) is 11.9. The minimum absolute atomic E-state index is 0.275. The van der Waals surface area contributed by atoms with Crippen molar-refractivity contribution in [3.63, 3.8) is 0 Å². The lowest BCUT2D eigenvalue weighted by Gasteiger charge is -2.17. The lowest BCUT2D eigenvalue weighted by atomic mass is 10.1. The minimum Gasteiger partial charge on any atom is -0.497 e. The zero-order chi connectivity index (χ0) is 14.3. The Hall–Kier alpha value is -1.55. The van der Waals surface area contributed by atoms with Crippen molar-refractivity contribution in [2.45, 2.75) is 19.8 Å². The molecule has 0 radical (unpaired) electrons. The van der Waals surface area contributed by atoms with Crippen LogP contribution in [0.25, 0.3) is 0 Å². The SMILES string of the molecule is COc1ccc(CCN(C)CCC(C)C(=O)O)cc1. The highest BCUT2D eigenvalue weighted by Crippen LogP contribution is 2.12. The Labute approximate surface area is 115 Å². The molecule has 4 heteroatoms. The van der Waals surface area contributed by atoms with E-state index in [1.165, 1.54) is 5.56 Å². The van der Waals surface area contributed by atoms with Crippen LogP contribution in [0.2, 0.25) is 0 Å². The van der Waals surface area contributed by atoms with Gasteiger partial charge in [0.15, 0.2) is 0 Å². The van der Waals surface area contributed by atoms with Gasteiger partial charge in [0.2, 0.25) is 0 Å². The summed E-state index contributed by atoms with van der Waals surface area (Å²) in [7, 11) is 3.69. The number of nitrogens with zero attached hydrogens (tertiary/aromatic N) is 1. The lowest BCUT2D eigenvalue weighted by Crippen LogP contribution is -2.25. The van der Waals surface area contributed by atoms with Gasteiger partial charge >= 0.3 is 5.97 Å². The molecule has 0 heterocycles. The molecule has 1 N–H and O–H groups in total. The van der Waals surface area contributed by atoms with Crippen LogP contribution in [0.1, 0.15) is 18.9 Å². The first-order valence-corrected chi connectivity index (χ1v) is 6.57. The lowest BCUT2D eigenvalue weighted by molar-refractivity contribution is -0.141. The first kappa shape index (κ1) is 15.5. The molecule has 4 nitrogen and oxygen atoms in total. The molecule has 0 aliphatic rings. The van der Waals surface area contributed by atoms with Crippen molar-refractivity contribution in [1.29, 1.82) is 0 Å². The Morgan fingerprint density at radius 2 is 1.95 bits per heavy atom. The molecule has 0 fully saturated rings. The van der Waals surface area contributed by atoms with Crippen LogP contribution >= 0.6 is 0 Å². The van der Waals surface area contributed by atoms with Crippen LogP contribution < -0.4 is 4.74 Å². The van der Waals surface area contributed by atoms with E-state index in [1.54, 1.807) is 14.0 Å². The number of ether oxygens (including phenoxy) is 1. The van der Waals surface area contributed by atoms with Crippen LogP contribution in [0.3, 0.4) is 0 Å². The number of hydrogen-bond acceptors (Lipinski definition) is 3. The van der Waals surface area contributed by atoms with E-state index in [4.69, 9.17) is 9.84 Å². The fraction of sp³-hybridized carbons (Fsp3) is 0.533. The molecule has 1 rings (SSSR count). The van der Waals surface area contributed by atoms with E-state index < -0.39 is 5.97 Å². The number of hydrogen-bond donors (Lipinski definition) is 1. The Morgan fingerprint density at radius 3 is 2.47 bits per heavy atom. The van der Waals surface area contributed by atoms with Crippen molar-refractivity contribution in [2.24, 2.45) is 5.92 Å². The number of carbonyl (C=O) groups is 1. The third-order valence-corrected chi connectivity index (χ3v) is 3.31. The monoisotopic (exact) mass is 265 g/mol. The number of methoxy groups -OCH3 is 1. The second kappa shape index (κ2) is 7.79. The van der Waals surface area contributed by atoms with Crippen molar-refractivity contribution < 1.29 is 14.6 Å². The van der Waals surface area contributed by atoms with Crippen molar-refractivity contribution in [3.8, 4) is 5.75 Å². The van der Waals surface area contributed by atoms with Crippen LogP contribution in [0.5, 0.6) is 5.75 Å².